The van der Waals surface area contributed by atoms with Gasteiger partial charge in [0, 0.05) is 20.3 Å². The fourth-order valence-corrected chi connectivity index (χ4v) is 2.17. The minimum Gasteiger partial charge on any atom is -0.384 e. The fourth-order valence-electron chi connectivity index (χ4n) is 2.17. The quantitative estimate of drug-likeness (QED) is 0.633. The van der Waals surface area contributed by atoms with Gasteiger partial charge in [0.05, 0.1) is 19.1 Å². The predicted octanol–water partition coefficient (Wildman–Crippen LogP) is 2.37. The molecule has 1 fully saturated rings. The van der Waals surface area contributed by atoms with Gasteiger partial charge in [0.2, 0.25) is 0 Å². The number of methoxy groups -OCH3 is 1. The Bertz CT molecular complexity index is 192. The summed E-state index contributed by atoms with van der Waals surface area (Å²) in [6, 6.07) is 2.09. The maximum atomic E-state index is 8.35. The Morgan fingerprint density at radius 3 is 2.27 bits per heavy atom. The maximum absolute atomic E-state index is 8.35. The predicted molar refractivity (Wildman–Crippen MR) is 58.4 cm³/mol. The molecular weight excluding hydrogens is 190 g/mol. The van der Waals surface area contributed by atoms with Crippen LogP contribution in [0.1, 0.15) is 32.1 Å². The van der Waals surface area contributed by atoms with Crippen LogP contribution >= 0.6 is 0 Å². The van der Waals surface area contributed by atoms with Crippen LogP contribution in [0.15, 0.2) is 0 Å². The highest BCUT2D eigenvalue weighted by Gasteiger charge is 2.20. The van der Waals surface area contributed by atoms with E-state index in [1.807, 2.05) is 0 Å². The summed E-state index contributed by atoms with van der Waals surface area (Å²) in [7, 11) is 1.77. The lowest BCUT2D eigenvalue weighted by Crippen LogP contribution is -2.21. The minimum atomic E-state index is 0.513. The first kappa shape index (κ1) is 12.5. The van der Waals surface area contributed by atoms with Crippen molar-refractivity contribution < 1.29 is 9.47 Å². The van der Waals surface area contributed by atoms with Gasteiger partial charge in [-0.1, -0.05) is 0 Å². The zero-order valence-electron chi connectivity index (χ0n) is 9.58. The van der Waals surface area contributed by atoms with Gasteiger partial charge >= 0.3 is 0 Å². The van der Waals surface area contributed by atoms with E-state index in [2.05, 4.69) is 6.07 Å². The highest BCUT2D eigenvalue weighted by molar-refractivity contribution is 4.72. The van der Waals surface area contributed by atoms with E-state index in [-0.39, 0.29) is 0 Å². The topological polar surface area (TPSA) is 42.2 Å². The average molecular weight is 211 g/mol. The lowest BCUT2D eigenvalue weighted by atomic mass is 9.83. The number of nitrogens with zero attached hydrogens (tertiary/aromatic N) is 1. The molecule has 3 nitrogen and oxygen atoms in total. The Morgan fingerprint density at radius 2 is 1.73 bits per heavy atom. The van der Waals surface area contributed by atoms with E-state index in [1.54, 1.807) is 7.11 Å². The summed E-state index contributed by atoms with van der Waals surface area (Å²) in [4.78, 5) is 0. The summed E-state index contributed by atoms with van der Waals surface area (Å²) >= 11 is 0. The average Bonchev–Trinajstić information content (AvgIpc) is 2.27. The molecule has 0 aliphatic heterocycles. The maximum Gasteiger partial charge on any atom is 0.0645 e. The zero-order valence-corrected chi connectivity index (χ0v) is 9.58. The molecule has 0 radical (unpaired) electrons. The van der Waals surface area contributed by atoms with Gasteiger partial charge in [0.25, 0.3) is 0 Å². The highest BCUT2D eigenvalue weighted by atomic mass is 16.5. The van der Waals surface area contributed by atoms with Crippen molar-refractivity contribution in [1.82, 2.24) is 0 Å². The van der Waals surface area contributed by atoms with E-state index < -0.39 is 0 Å². The molecule has 0 aromatic rings. The van der Waals surface area contributed by atoms with Gasteiger partial charge in [-0.25, -0.2) is 0 Å². The van der Waals surface area contributed by atoms with Crippen molar-refractivity contribution in [1.29, 1.82) is 5.26 Å². The molecule has 0 saturated heterocycles. The monoisotopic (exact) mass is 211 g/mol. The Hall–Kier alpha value is -0.590. The second-order valence-electron chi connectivity index (χ2n) is 4.33. The van der Waals surface area contributed by atoms with Crippen molar-refractivity contribution in [3.63, 3.8) is 0 Å². The first-order valence-electron chi connectivity index (χ1n) is 5.80. The first-order valence-corrected chi connectivity index (χ1v) is 5.80. The van der Waals surface area contributed by atoms with Crippen molar-refractivity contribution >= 4 is 0 Å². The molecule has 0 amide bonds. The van der Waals surface area contributed by atoms with Crippen LogP contribution in [0.25, 0.3) is 0 Å². The summed E-state index contributed by atoms with van der Waals surface area (Å²) in [5, 5.41) is 8.35. The summed E-state index contributed by atoms with van der Waals surface area (Å²) < 4.78 is 10.6. The smallest absolute Gasteiger partial charge is 0.0645 e. The van der Waals surface area contributed by atoms with E-state index >= 15 is 0 Å². The number of hydrogen-bond donors (Lipinski definition) is 0. The van der Waals surface area contributed by atoms with Gasteiger partial charge in [-0.2, -0.15) is 5.26 Å². The van der Waals surface area contributed by atoms with Crippen LogP contribution in [-0.4, -0.2) is 26.9 Å². The molecule has 0 bridgehead atoms. The van der Waals surface area contributed by atoms with Crippen molar-refractivity contribution in [2.75, 3.05) is 26.9 Å². The highest BCUT2D eigenvalue weighted by Crippen LogP contribution is 2.28. The lowest BCUT2D eigenvalue weighted by Gasteiger charge is -2.27. The van der Waals surface area contributed by atoms with Crippen LogP contribution in [0.3, 0.4) is 0 Å². The molecule has 0 spiro atoms. The van der Waals surface area contributed by atoms with E-state index in [0.29, 0.717) is 18.9 Å². The SMILES string of the molecule is COCC1CCC(COCCC#N)CC1. The summed E-state index contributed by atoms with van der Waals surface area (Å²) in [6.07, 6.45) is 5.54. The van der Waals surface area contributed by atoms with Gasteiger partial charge in [-0.3, -0.25) is 0 Å². The lowest BCUT2D eigenvalue weighted by molar-refractivity contribution is 0.0650. The van der Waals surface area contributed by atoms with Crippen LogP contribution in [0.2, 0.25) is 0 Å². The molecule has 0 atom stereocenters. The summed E-state index contributed by atoms with van der Waals surface area (Å²) in [5.74, 6) is 1.46. The minimum absolute atomic E-state index is 0.513. The summed E-state index contributed by atoms with van der Waals surface area (Å²) in [6.45, 7) is 2.33. The number of ether oxygens (including phenoxy) is 2. The Morgan fingerprint density at radius 1 is 1.13 bits per heavy atom. The number of nitriles is 1. The van der Waals surface area contributed by atoms with Crippen molar-refractivity contribution in [3.05, 3.63) is 0 Å². The normalized spacial score (nSPS) is 26.1. The van der Waals surface area contributed by atoms with Crippen molar-refractivity contribution in [2.24, 2.45) is 11.8 Å². The number of rotatable bonds is 6. The van der Waals surface area contributed by atoms with Crippen molar-refractivity contribution in [3.8, 4) is 6.07 Å². The Balaban J connectivity index is 2.02. The molecule has 0 N–H and O–H groups in total. The molecule has 15 heavy (non-hydrogen) atoms. The van der Waals surface area contributed by atoms with Crippen LogP contribution in [0.5, 0.6) is 0 Å². The van der Waals surface area contributed by atoms with Gasteiger partial charge in [0.15, 0.2) is 0 Å². The van der Waals surface area contributed by atoms with E-state index in [0.717, 1.165) is 19.1 Å². The van der Waals surface area contributed by atoms with E-state index in [1.165, 1.54) is 25.7 Å². The zero-order chi connectivity index (χ0) is 10.9. The Labute approximate surface area is 92.4 Å². The van der Waals surface area contributed by atoms with Crippen molar-refractivity contribution in [2.45, 2.75) is 32.1 Å². The largest absolute Gasteiger partial charge is 0.384 e. The molecule has 0 aromatic heterocycles. The third-order valence-electron chi connectivity index (χ3n) is 3.08. The van der Waals surface area contributed by atoms with Gasteiger partial charge in [-0.05, 0) is 37.5 Å². The Kier molecular flexibility index (Phi) is 6.38. The molecule has 1 saturated carbocycles. The standard InChI is InChI=1S/C12H21NO2/c1-14-9-11-3-5-12(6-4-11)10-15-8-2-7-13/h11-12H,2-6,8-10H2,1H3. The van der Waals surface area contributed by atoms with E-state index in [4.69, 9.17) is 14.7 Å². The molecule has 1 aliphatic rings. The molecular formula is C12H21NO2. The number of hydrogen-bond acceptors (Lipinski definition) is 3. The molecule has 0 unspecified atom stereocenters. The molecule has 1 rings (SSSR count). The third kappa shape index (κ3) is 5.15. The molecule has 3 heteroatoms. The van der Waals surface area contributed by atoms with Gasteiger partial charge in [-0.15, -0.1) is 0 Å². The summed E-state index contributed by atoms with van der Waals surface area (Å²) in [5.41, 5.74) is 0. The molecule has 0 aromatic carbocycles. The molecule has 86 valence electrons. The van der Waals surface area contributed by atoms with Gasteiger partial charge < -0.3 is 9.47 Å². The second kappa shape index (κ2) is 7.67. The third-order valence-corrected chi connectivity index (χ3v) is 3.08. The van der Waals surface area contributed by atoms with Crippen LogP contribution in [0.4, 0.5) is 0 Å². The second-order valence-corrected chi connectivity index (χ2v) is 4.33. The van der Waals surface area contributed by atoms with Gasteiger partial charge in [0.1, 0.15) is 0 Å². The molecule has 1 aliphatic carbocycles. The van der Waals surface area contributed by atoms with Crippen LogP contribution in [-0.2, 0) is 9.47 Å². The van der Waals surface area contributed by atoms with Crippen LogP contribution in [0, 0.1) is 23.2 Å². The van der Waals surface area contributed by atoms with Crippen LogP contribution < -0.4 is 0 Å². The fraction of sp³-hybridized carbons (Fsp3) is 0.917. The van der Waals surface area contributed by atoms with E-state index in [9.17, 15) is 0 Å². The first-order chi connectivity index (χ1) is 7.36. The molecule has 0 heterocycles.